The third-order valence-electron chi connectivity index (χ3n) is 7.50. The number of nitrogens with one attached hydrogen (secondary N) is 1. The van der Waals surface area contributed by atoms with E-state index < -0.39 is 28.5 Å². The van der Waals surface area contributed by atoms with E-state index in [4.69, 9.17) is 4.74 Å². The second-order valence-electron chi connectivity index (χ2n) is 11.6. The highest BCUT2D eigenvalue weighted by atomic mass is 32.2. The average molecular weight is 642 g/mol. The molecule has 242 valence electrons. The van der Waals surface area contributed by atoms with E-state index >= 15 is 0 Å². The van der Waals surface area contributed by atoms with E-state index in [0.717, 1.165) is 26.6 Å². The number of aryl methyl sites for hydroxylation is 2. The Kier molecular flexibility index (Phi) is 11.6. The number of ether oxygens (including phenoxy) is 1. The molecule has 9 heteroatoms. The monoisotopic (exact) mass is 641 g/mol. The van der Waals surface area contributed by atoms with Crippen LogP contribution in [-0.4, -0.2) is 50.4 Å². The summed E-state index contributed by atoms with van der Waals surface area (Å²) in [7, 11) is -4.18. The van der Waals surface area contributed by atoms with Crippen molar-refractivity contribution in [2.24, 2.45) is 0 Å². The van der Waals surface area contributed by atoms with Crippen molar-refractivity contribution in [2.75, 3.05) is 17.5 Å². The number of carbonyl (C=O) groups is 2. The maximum atomic E-state index is 14.5. The molecular weight excluding hydrogens is 598 g/mol. The van der Waals surface area contributed by atoms with Crippen LogP contribution in [0.3, 0.4) is 0 Å². The second kappa shape index (κ2) is 15.6. The summed E-state index contributed by atoms with van der Waals surface area (Å²) in [5.74, 6) is -0.238. The Labute approximate surface area is 273 Å². The second-order valence-corrected chi connectivity index (χ2v) is 13.5. The maximum Gasteiger partial charge on any atom is 0.264 e. The van der Waals surface area contributed by atoms with Crippen molar-refractivity contribution in [1.82, 2.24) is 10.2 Å². The van der Waals surface area contributed by atoms with Gasteiger partial charge in [-0.1, -0.05) is 77.9 Å². The molecule has 4 rings (SSSR count). The van der Waals surface area contributed by atoms with Crippen LogP contribution in [0.4, 0.5) is 5.69 Å². The Hall–Kier alpha value is -4.63. The van der Waals surface area contributed by atoms with Crippen molar-refractivity contribution in [3.05, 3.63) is 125 Å². The fraction of sp³-hybridized carbons (Fsp3) is 0.297. The Morgan fingerprint density at radius 2 is 1.37 bits per heavy atom. The van der Waals surface area contributed by atoms with Crippen molar-refractivity contribution in [3.63, 3.8) is 0 Å². The molecule has 0 radical (unpaired) electrons. The summed E-state index contributed by atoms with van der Waals surface area (Å²) >= 11 is 0. The van der Waals surface area contributed by atoms with Gasteiger partial charge in [0.15, 0.2) is 0 Å². The summed E-state index contributed by atoms with van der Waals surface area (Å²) < 4.78 is 35.1. The zero-order valence-corrected chi connectivity index (χ0v) is 28.0. The number of sulfonamides is 1. The van der Waals surface area contributed by atoms with Crippen LogP contribution in [0.15, 0.2) is 108 Å². The molecule has 0 aliphatic rings. The van der Waals surface area contributed by atoms with Gasteiger partial charge in [0.05, 0.1) is 17.2 Å². The number of rotatable bonds is 14. The van der Waals surface area contributed by atoms with Gasteiger partial charge in [-0.15, -0.1) is 0 Å². The highest BCUT2D eigenvalue weighted by molar-refractivity contribution is 7.92. The van der Waals surface area contributed by atoms with Crippen LogP contribution in [0.1, 0.15) is 43.0 Å². The Morgan fingerprint density at radius 1 is 0.783 bits per heavy atom. The van der Waals surface area contributed by atoms with Gasteiger partial charge in [-0.05, 0) is 82.1 Å². The first-order valence-electron chi connectivity index (χ1n) is 15.5. The van der Waals surface area contributed by atoms with Gasteiger partial charge in [-0.25, -0.2) is 8.42 Å². The molecule has 8 nitrogen and oxygen atoms in total. The Balaban J connectivity index is 1.80. The van der Waals surface area contributed by atoms with Gasteiger partial charge in [0.2, 0.25) is 11.8 Å². The molecule has 0 unspecified atom stereocenters. The summed E-state index contributed by atoms with van der Waals surface area (Å²) in [6.45, 7) is 9.51. The first-order chi connectivity index (χ1) is 22.0. The van der Waals surface area contributed by atoms with Gasteiger partial charge in [-0.3, -0.25) is 13.9 Å². The summed E-state index contributed by atoms with van der Waals surface area (Å²) in [6, 6.07) is 29.3. The van der Waals surface area contributed by atoms with Crippen LogP contribution in [0.25, 0.3) is 0 Å². The molecule has 0 aromatic heterocycles. The molecule has 4 aromatic carbocycles. The molecule has 1 atom stereocenters. The van der Waals surface area contributed by atoms with E-state index in [1.54, 1.807) is 36.4 Å². The predicted molar refractivity (Wildman–Crippen MR) is 182 cm³/mol. The molecule has 2 amide bonds. The zero-order valence-electron chi connectivity index (χ0n) is 27.1. The lowest BCUT2D eigenvalue weighted by Gasteiger charge is -2.34. The number of benzene rings is 4. The largest absolute Gasteiger partial charge is 0.494 e. The molecule has 1 N–H and O–H groups in total. The number of anilines is 1. The van der Waals surface area contributed by atoms with Gasteiger partial charge in [0.25, 0.3) is 10.0 Å². The quantitative estimate of drug-likeness (QED) is 0.181. The number of amides is 2. The van der Waals surface area contributed by atoms with E-state index in [-0.39, 0.29) is 29.8 Å². The molecule has 0 heterocycles. The molecule has 0 aliphatic carbocycles. The van der Waals surface area contributed by atoms with Gasteiger partial charge < -0.3 is 15.0 Å². The molecule has 0 saturated heterocycles. The topological polar surface area (TPSA) is 96.0 Å². The third-order valence-corrected chi connectivity index (χ3v) is 9.29. The van der Waals surface area contributed by atoms with Crippen molar-refractivity contribution in [3.8, 4) is 5.75 Å². The highest BCUT2D eigenvalue weighted by Crippen LogP contribution is 2.27. The normalized spacial score (nSPS) is 12.0. The van der Waals surface area contributed by atoms with E-state index in [9.17, 15) is 18.0 Å². The lowest BCUT2D eigenvalue weighted by atomic mass is 10.0. The highest BCUT2D eigenvalue weighted by Gasteiger charge is 2.34. The molecule has 0 fully saturated rings. The van der Waals surface area contributed by atoms with E-state index in [1.807, 2.05) is 89.2 Å². The zero-order chi connectivity index (χ0) is 33.3. The summed E-state index contributed by atoms with van der Waals surface area (Å²) in [6.07, 6.45) is 0.255. The molecule has 0 bridgehead atoms. The van der Waals surface area contributed by atoms with E-state index in [2.05, 4.69) is 5.32 Å². The minimum Gasteiger partial charge on any atom is -0.494 e. The first-order valence-corrected chi connectivity index (χ1v) is 16.9. The molecule has 0 spiro atoms. The average Bonchev–Trinajstić information content (AvgIpc) is 3.03. The van der Waals surface area contributed by atoms with E-state index in [1.165, 1.54) is 17.0 Å². The van der Waals surface area contributed by atoms with Crippen molar-refractivity contribution in [1.29, 1.82) is 0 Å². The van der Waals surface area contributed by atoms with Crippen LogP contribution < -0.4 is 14.4 Å². The van der Waals surface area contributed by atoms with Crippen LogP contribution >= 0.6 is 0 Å². The van der Waals surface area contributed by atoms with Gasteiger partial charge in [0, 0.05) is 19.0 Å². The maximum absolute atomic E-state index is 14.5. The number of hydrogen-bond donors (Lipinski definition) is 1. The molecule has 0 aliphatic heterocycles. The van der Waals surface area contributed by atoms with E-state index in [0.29, 0.717) is 18.0 Å². The Morgan fingerprint density at radius 3 is 1.93 bits per heavy atom. The third kappa shape index (κ3) is 8.97. The fourth-order valence-electron chi connectivity index (χ4n) is 5.07. The first kappa shape index (κ1) is 34.2. The molecule has 46 heavy (non-hydrogen) atoms. The van der Waals surface area contributed by atoms with Gasteiger partial charge in [0.1, 0.15) is 18.3 Å². The molecule has 0 saturated carbocycles. The summed E-state index contributed by atoms with van der Waals surface area (Å²) in [4.78, 5) is 29.9. The van der Waals surface area contributed by atoms with Gasteiger partial charge in [-0.2, -0.15) is 0 Å². The number of carbonyl (C=O) groups excluding carboxylic acids is 2. The van der Waals surface area contributed by atoms with Crippen molar-refractivity contribution >= 4 is 27.5 Å². The van der Waals surface area contributed by atoms with Crippen LogP contribution in [0, 0.1) is 13.8 Å². The van der Waals surface area contributed by atoms with Crippen molar-refractivity contribution in [2.45, 2.75) is 64.6 Å². The fourth-order valence-corrected chi connectivity index (χ4v) is 6.48. The molecular formula is C37H43N3O5S. The minimum absolute atomic E-state index is 0.0586. The predicted octanol–water partition coefficient (Wildman–Crippen LogP) is 6.06. The lowest BCUT2D eigenvalue weighted by Crippen LogP contribution is -2.54. The number of nitrogens with zero attached hydrogens (tertiary/aromatic N) is 2. The number of hydrogen-bond acceptors (Lipinski definition) is 5. The van der Waals surface area contributed by atoms with Crippen LogP contribution in [0.2, 0.25) is 0 Å². The Bertz CT molecular complexity index is 1690. The SMILES string of the molecule is CCOc1ccc(N(CC(=O)N(Cc2ccc(C)cc2)[C@H](Cc2ccccc2)C(=O)NC(C)C)S(=O)(=O)c2ccc(C)cc2)cc1. The van der Waals surface area contributed by atoms with Crippen molar-refractivity contribution < 1.29 is 22.7 Å². The van der Waals surface area contributed by atoms with Crippen LogP contribution in [0.5, 0.6) is 5.75 Å². The lowest BCUT2D eigenvalue weighted by molar-refractivity contribution is -0.140. The van der Waals surface area contributed by atoms with Gasteiger partial charge >= 0.3 is 0 Å². The summed E-state index contributed by atoms with van der Waals surface area (Å²) in [5, 5.41) is 2.98. The van der Waals surface area contributed by atoms with Crippen LogP contribution in [-0.2, 0) is 32.6 Å². The molecule has 4 aromatic rings. The minimum atomic E-state index is -4.18. The summed E-state index contributed by atoms with van der Waals surface area (Å²) in [5.41, 5.74) is 3.98. The standard InChI is InChI=1S/C37H43N3O5S/c1-6-45-33-20-18-32(19-21-33)40(46(43,44)34-22-14-29(5)15-23-34)26-36(41)39(25-31-16-12-28(4)13-17-31)35(37(42)38-27(2)3)24-30-10-8-7-9-11-30/h7-23,27,35H,6,24-26H2,1-5H3,(H,38,42)/t35-/m1/s1. The smallest absolute Gasteiger partial charge is 0.264 e.